The summed E-state index contributed by atoms with van der Waals surface area (Å²) in [7, 11) is 0. The van der Waals surface area contributed by atoms with Gasteiger partial charge in [0.05, 0.1) is 11.3 Å². The van der Waals surface area contributed by atoms with Crippen LogP contribution < -0.4 is 5.32 Å². The maximum Gasteiger partial charge on any atom is 0.255 e. The second kappa shape index (κ2) is 6.28. The van der Waals surface area contributed by atoms with Gasteiger partial charge in [0.15, 0.2) is 0 Å². The number of hydrogen-bond donors (Lipinski definition) is 1. The van der Waals surface area contributed by atoms with Crippen molar-refractivity contribution < 1.29 is 4.79 Å². The fraction of sp³-hybridized carbons (Fsp3) is 0.211. The van der Waals surface area contributed by atoms with Gasteiger partial charge in [0, 0.05) is 30.7 Å². The van der Waals surface area contributed by atoms with Gasteiger partial charge >= 0.3 is 0 Å². The van der Waals surface area contributed by atoms with Gasteiger partial charge in [-0.15, -0.1) is 0 Å². The quantitative estimate of drug-likeness (QED) is 0.786. The fourth-order valence-corrected chi connectivity index (χ4v) is 2.62. The smallest absolute Gasteiger partial charge is 0.255 e. The number of nitrogens with one attached hydrogen (secondary N) is 1. The molecule has 5 nitrogen and oxygen atoms in total. The monoisotopic (exact) mass is 318 g/mol. The van der Waals surface area contributed by atoms with Gasteiger partial charge in [0.1, 0.15) is 5.69 Å². The molecular formula is C19H18N4O. The van der Waals surface area contributed by atoms with Gasteiger partial charge in [-0.25, -0.2) is 4.68 Å². The Balaban J connectivity index is 1.72. The molecule has 0 radical (unpaired) electrons. The zero-order valence-corrected chi connectivity index (χ0v) is 13.2. The number of hydrogen-bond acceptors (Lipinski definition) is 3. The molecule has 0 atom stereocenters. The van der Waals surface area contributed by atoms with E-state index in [1.165, 1.54) is 12.8 Å². The molecule has 120 valence electrons. The van der Waals surface area contributed by atoms with Gasteiger partial charge in [0.2, 0.25) is 0 Å². The number of benzene rings is 1. The van der Waals surface area contributed by atoms with Gasteiger partial charge in [-0.05, 0) is 43.0 Å². The molecule has 0 saturated heterocycles. The van der Waals surface area contributed by atoms with Crippen LogP contribution in [-0.4, -0.2) is 27.2 Å². The highest BCUT2D eigenvalue weighted by Crippen LogP contribution is 2.28. The number of amides is 1. The minimum absolute atomic E-state index is 0.0806. The van der Waals surface area contributed by atoms with Crippen LogP contribution in [0.2, 0.25) is 0 Å². The zero-order chi connectivity index (χ0) is 16.4. The Labute approximate surface area is 140 Å². The van der Waals surface area contributed by atoms with E-state index >= 15 is 0 Å². The number of carbonyl (C=O) groups excluding carboxylic acids is 1. The van der Waals surface area contributed by atoms with E-state index < -0.39 is 0 Å². The van der Waals surface area contributed by atoms with Gasteiger partial charge < -0.3 is 5.32 Å². The predicted molar refractivity (Wildman–Crippen MR) is 91.9 cm³/mol. The Morgan fingerprint density at radius 2 is 2.00 bits per heavy atom. The summed E-state index contributed by atoms with van der Waals surface area (Å²) in [5, 5.41) is 7.65. The number of aromatic nitrogens is 3. The molecule has 4 rings (SSSR count). The second-order valence-corrected chi connectivity index (χ2v) is 6.07. The van der Waals surface area contributed by atoms with Gasteiger partial charge in [0.25, 0.3) is 5.91 Å². The molecule has 2 heterocycles. The van der Waals surface area contributed by atoms with Crippen LogP contribution in [0.25, 0.3) is 16.9 Å². The molecule has 0 aliphatic heterocycles. The minimum atomic E-state index is -0.0806. The summed E-state index contributed by atoms with van der Waals surface area (Å²) in [5.74, 6) is 0.558. The molecule has 1 aliphatic rings. The van der Waals surface area contributed by atoms with Crippen molar-refractivity contribution >= 4 is 5.91 Å². The van der Waals surface area contributed by atoms with Crippen molar-refractivity contribution in [1.82, 2.24) is 20.1 Å². The molecule has 1 saturated carbocycles. The summed E-state index contributed by atoms with van der Waals surface area (Å²) in [5.41, 5.74) is 2.99. The molecule has 1 aliphatic carbocycles. The van der Waals surface area contributed by atoms with E-state index in [4.69, 9.17) is 0 Å². The maximum atomic E-state index is 12.6. The third-order valence-electron chi connectivity index (χ3n) is 4.16. The summed E-state index contributed by atoms with van der Waals surface area (Å²) in [6.07, 6.45) is 7.65. The maximum absolute atomic E-state index is 12.6. The lowest BCUT2D eigenvalue weighted by Gasteiger charge is -2.04. The lowest BCUT2D eigenvalue weighted by Crippen LogP contribution is -2.25. The topological polar surface area (TPSA) is 59.8 Å². The third-order valence-corrected chi connectivity index (χ3v) is 4.16. The second-order valence-electron chi connectivity index (χ2n) is 6.07. The number of para-hydroxylation sites is 1. The largest absolute Gasteiger partial charge is 0.352 e. The van der Waals surface area contributed by atoms with Crippen LogP contribution in [0.5, 0.6) is 0 Å². The lowest BCUT2D eigenvalue weighted by atomic mass is 10.1. The van der Waals surface area contributed by atoms with Crippen molar-refractivity contribution in [2.75, 3.05) is 6.54 Å². The van der Waals surface area contributed by atoms with Gasteiger partial charge in [-0.2, -0.15) is 5.10 Å². The van der Waals surface area contributed by atoms with Crippen LogP contribution in [0.1, 0.15) is 23.2 Å². The van der Waals surface area contributed by atoms with Crippen LogP contribution in [-0.2, 0) is 0 Å². The molecule has 3 aromatic rings. The number of carbonyl (C=O) groups is 1. The van der Waals surface area contributed by atoms with E-state index in [0.717, 1.165) is 17.8 Å². The average Bonchev–Trinajstić information content (AvgIpc) is 3.37. The molecule has 5 heteroatoms. The normalized spacial score (nSPS) is 13.7. The van der Waals surface area contributed by atoms with E-state index in [1.807, 2.05) is 42.5 Å². The summed E-state index contributed by atoms with van der Waals surface area (Å²) in [6.45, 7) is 0.738. The van der Waals surface area contributed by atoms with Crippen LogP contribution >= 0.6 is 0 Å². The molecular weight excluding hydrogens is 300 g/mol. The first-order valence-electron chi connectivity index (χ1n) is 8.15. The molecule has 1 aromatic carbocycles. The van der Waals surface area contributed by atoms with Crippen molar-refractivity contribution in [1.29, 1.82) is 0 Å². The van der Waals surface area contributed by atoms with E-state index in [0.29, 0.717) is 17.2 Å². The Bertz CT molecular complexity index is 838. The molecule has 0 bridgehead atoms. The van der Waals surface area contributed by atoms with E-state index in [1.54, 1.807) is 23.3 Å². The first kappa shape index (κ1) is 14.6. The van der Waals surface area contributed by atoms with Crippen LogP contribution in [0.3, 0.4) is 0 Å². The van der Waals surface area contributed by atoms with Crippen molar-refractivity contribution in [2.24, 2.45) is 5.92 Å². The SMILES string of the molecule is O=C(NCC1CC1)c1cn(-c2ccccc2)nc1-c1cccnc1. The van der Waals surface area contributed by atoms with Crippen molar-refractivity contribution in [3.8, 4) is 16.9 Å². The lowest BCUT2D eigenvalue weighted by molar-refractivity contribution is 0.0952. The molecule has 1 fully saturated rings. The highest BCUT2D eigenvalue weighted by molar-refractivity contribution is 5.99. The number of nitrogens with zero attached hydrogens (tertiary/aromatic N) is 3. The Kier molecular flexibility index (Phi) is 3.83. The molecule has 2 aromatic heterocycles. The van der Waals surface area contributed by atoms with E-state index in [2.05, 4.69) is 15.4 Å². The van der Waals surface area contributed by atoms with Gasteiger partial charge in [-0.1, -0.05) is 18.2 Å². The zero-order valence-electron chi connectivity index (χ0n) is 13.2. The minimum Gasteiger partial charge on any atom is -0.352 e. The summed E-state index contributed by atoms with van der Waals surface area (Å²) < 4.78 is 1.74. The van der Waals surface area contributed by atoms with E-state index in [-0.39, 0.29) is 5.91 Å². The standard InChI is InChI=1S/C19H18N4O/c24-19(21-11-14-8-9-14)17-13-23(16-6-2-1-3-7-16)22-18(17)15-5-4-10-20-12-15/h1-7,10,12-14H,8-9,11H2,(H,21,24). The summed E-state index contributed by atoms with van der Waals surface area (Å²) in [4.78, 5) is 16.8. The Morgan fingerprint density at radius 3 is 2.71 bits per heavy atom. The van der Waals surface area contributed by atoms with E-state index in [9.17, 15) is 4.79 Å². The Morgan fingerprint density at radius 1 is 1.17 bits per heavy atom. The van der Waals surface area contributed by atoms with Crippen LogP contribution in [0, 0.1) is 5.92 Å². The predicted octanol–water partition coefficient (Wildman–Crippen LogP) is 3.07. The Hall–Kier alpha value is -2.95. The van der Waals surface area contributed by atoms with Crippen LogP contribution in [0.4, 0.5) is 0 Å². The van der Waals surface area contributed by atoms with Crippen molar-refractivity contribution in [3.05, 3.63) is 66.6 Å². The number of rotatable bonds is 5. The summed E-state index contributed by atoms with van der Waals surface area (Å²) >= 11 is 0. The first-order valence-corrected chi connectivity index (χ1v) is 8.15. The summed E-state index contributed by atoms with van der Waals surface area (Å²) in [6, 6.07) is 13.6. The highest BCUT2D eigenvalue weighted by atomic mass is 16.1. The highest BCUT2D eigenvalue weighted by Gasteiger charge is 2.24. The molecule has 0 unspecified atom stereocenters. The molecule has 1 N–H and O–H groups in total. The first-order chi connectivity index (χ1) is 11.8. The third kappa shape index (κ3) is 3.06. The molecule has 24 heavy (non-hydrogen) atoms. The average molecular weight is 318 g/mol. The molecule has 1 amide bonds. The van der Waals surface area contributed by atoms with Crippen LogP contribution in [0.15, 0.2) is 61.1 Å². The van der Waals surface area contributed by atoms with Crippen molar-refractivity contribution in [3.63, 3.8) is 0 Å². The van der Waals surface area contributed by atoms with Gasteiger partial charge in [-0.3, -0.25) is 9.78 Å². The molecule has 0 spiro atoms. The fourth-order valence-electron chi connectivity index (χ4n) is 2.62. The number of pyridine rings is 1. The van der Waals surface area contributed by atoms with Crippen molar-refractivity contribution in [2.45, 2.75) is 12.8 Å².